The normalized spacial score (nSPS) is 17.8. The van der Waals surface area contributed by atoms with Gasteiger partial charge in [0.1, 0.15) is 12.4 Å². The Morgan fingerprint density at radius 3 is 2.62 bits per heavy atom. The van der Waals surface area contributed by atoms with Crippen molar-refractivity contribution in [3.05, 3.63) is 65.7 Å². The highest BCUT2D eigenvalue weighted by Gasteiger charge is 2.37. The van der Waals surface area contributed by atoms with Gasteiger partial charge in [-0.1, -0.05) is 48.4 Å². The fourth-order valence-corrected chi connectivity index (χ4v) is 3.07. The number of carbonyl (C=O) groups is 1. The molecule has 4 nitrogen and oxygen atoms in total. The van der Waals surface area contributed by atoms with E-state index in [1.807, 2.05) is 30.3 Å². The molecule has 0 bridgehead atoms. The highest BCUT2D eigenvalue weighted by Crippen LogP contribution is 2.46. The van der Waals surface area contributed by atoms with Crippen LogP contribution >= 0.6 is 0 Å². The number of carbonyl (C=O) groups excluding carboxylic acids is 1. The summed E-state index contributed by atoms with van der Waals surface area (Å²) in [5, 5.41) is 5.88. The van der Waals surface area contributed by atoms with Gasteiger partial charge in [0, 0.05) is 13.1 Å². The van der Waals surface area contributed by atoms with Gasteiger partial charge in [0.2, 0.25) is 0 Å². The van der Waals surface area contributed by atoms with Crippen molar-refractivity contribution in [2.24, 2.45) is 5.92 Å². The zero-order chi connectivity index (χ0) is 18.2. The van der Waals surface area contributed by atoms with E-state index in [4.69, 9.17) is 11.2 Å². The van der Waals surface area contributed by atoms with Crippen molar-refractivity contribution >= 4 is 6.03 Å². The molecule has 0 aliphatic heterocycles. The molecule has 26 heavy (non-hydrogen) atoms. The zero-order valence-corrected chi connectivity index (χ0v) is 14.8. The molecule has 0 aromatic heterocycles. The Morgan fingerprint density at radius 1 is 1.12 bits per heavy atom. The second-order valence-corrected chi connectivity index (χ2v) is 6.54. The first-order chi connectivity index (χ1) is 12.8. The van der Waals surface area contributed by atoms with E-state index in [1.54, 1.807) is 0 Å². The summed E-state index contributed by atoms with van der Waals surface area (Å²) in [4.78, 5) is 11.9. The Hall–Kier alpha value is -2.93. The molecule has 2 aromatic rings. The molecule has 3 rings (SSSR count). The third-order valence-corrected chi connectivity index (χ3v) is 4.62. The van der Waals surface area contributed by atoms with Crippen LogP contribution in [-0.2, 0) is 6.42 Å². The van der Waals surface area contributed by atoms with E-state index in [-0.39, 0.29) is 12.6 Å². The lowest BCUT2D eigenvalue weighted by Gasteiger charge is -2.08. The molecule has 0 saturated heterocycles. The monoisotopic (exact) mass is 348 g/mol. The second kappa shape index (κ2) is 8.96. The third-order valence-electron chi connectivity index (χ3n) is 4.62. The first-order valence-corrected chi connectivity index (χ1v) is 8.98. The second-order valence-electron chi connectivity index (χ2n) is 6.54. The summed E-state index contributed by atoms with van der Waals surface area (Å²) in [6, 6.07) is 18.1. The lowest BCUT2D eigenvalue weighted by molar-refractivity contribution is 0.240. The standard InChI is InChI=1S/C22H24N2O2/c1-2-14-26-20-10-8-17(9-11-20)12-13-23-22(25)24-16-19-15-21(19)18-6-4-3-5-7-18/h1,3-11,19,21H,12-16H2,(H2,23,24,25). The molecule has 4 heteroatoms. The Bertz CT molecular complexity index is 750. The SMILES string of the molecule is C#CCOc1ccc(CCNC(=O)NCC2CC2c2ccccc2)cc1. The maximum atomic E-state index is 11.9. The smallest absolute Gasteiger partial charge is 0.314 e. The van der Waals surface area contributed by atoms with Crippen LogP contribution in [-0.4, -0.2) is 25.7 Å². The van der Waals surface area contributed by atoms with E-state index in [9.17, 15) is 4.79 Å². The molecule has 2 N–H and O–H groups in total. The number of hydrogen-bond acceptors (Lipinski definition) is 2. The minimum Gasteiger partial charge on any atom is -0.481 e. The largest absolute Gasteiger partial charge is 0.481 e. The molecule has 2 aromatic carbocycles. The maximum Gasteiger partial charge on any atom is 0.314 e. The Labute approximate surface area is 155 Å². The van der Waals surface area contributed by atoms with E-state index in [2.05, 4.69) is 40.8 Å². The van der Waals surface area contributed by atoms with Gasteiger partial charge in [-0.05, 0) is 47.9 Å². The minimum absolute atomic E-state index is 0.0994. The van der Waals surface area contributed by atoms with Crippen molar-refractivity contribution in [1.29, 1.82) is 0 Å². The van der Waals surface area contributed by atoms with Crippen molar-refractivity contribution in [1.82, 2.24) is 10.6 Å². The predicted molar refractivity (Wildman–Crippen MR) is 103 cm³/mol. The molecule has 0 spiro atoms. The highest BCUT2D eigenvalue weighted by molar-refractivity contribution is 5.73. The van der Waals surface area contributed by atoms with Gasteiger partial charge in [0.05, 0.1) is 0 Å². The summed E-state index contributed by atoms with van der Waals surface area (Å²) in [6.45, 7) is 1.60. The van der Waals surface area contributed by atoms with E-state index < -0.39 is 0 Å². The van der Waals surface area contributed by atoms with Crippen LogP contribution in [0.5, 0.6) is 5.75 Å². The van der Waals surface area contributed by atoms with E-state index in [0.717, 1.165) is 30.7 Å². The summed E-state index contributed by atoms with van der Waals surface area (Å²) < 4.78 is 5.34. The van der Waals surface area contributed by atoms with Gasteiger partial charge in [0.25, 0.3) is 0 Å². The van der Waals surface area contributed by atoms with Crippen LogP contribution in [0.1, 0.15) is 23.5 Å². The maximum absolute atomic E-state index is 11.9. The number of benzene rings is 2. The third kappa shape index (κ3) is 5.29. The van der Waals surface area contributed by atoms with Gasteiger partial charge >= 0.3 is 6.03 Å². The molecule has 1 fully saturated rings. The van der Waals surface area contributed by atoms with Crippen LogP contribution in [0.25, 0.3) is 0 Å². The van der Waals surface area contributed by atoms with Crippen molar-refractivity contribution in [3.8, 4) is 18.1 Å². The number of urea groups is 1. The van der Waals surface area contributed by atoms with Crippen LogP contribution in [0.15, 0.2) is 54.6 Å². The fourth-order valence-electron chi connectivity index (χ4n) is 3.07. The zero-order valence-electron chi connectivity index (χ0n) is 14.8. The summed E-state index contributed by atoms with van der Waals surface area (Å²) in [5.41, 5.74) is 2.51. The van der Waals surface area contributed by atoms with Crippen LogP contribution in [0.4, 0.5) is 4.79 Å². The number of rotatable bonds is 8. The fraction of sp³-hybridized carbons (Fsp3) is 0.318. The number of nitrogens with one attached hydrogen (secondary N) is 2. The van der Waals surface area contributed by atoms with Crippen molar-refractivity contribution in [2.45, 2.75) is 18.8 Å². The molecular formula is C22H24N2O2. The molecule has 2 unspecified atom stereocenters. The molecule has 1 aliphatic carbocycles. The van der Waals surface area contributed by atoms with Crippen LogP contribution in [0, 0.1) is 18.3 Å². The van der Waals surface area contributed by atoms with E-state index in [1.165, 1.54) is 5.56 Å². The Morgan fingerprint density at radius 2 is 1.88 bits per heavy atom. The molecule has 0 heterocycles. The summed E-state index contributed by atoms with van der Waals surface area (Å²) in [6.07, 6.45) is 7.09. The summed E-state index contributed by atoms with van der Waals surface area (Å²) in [7, 11) is 0. The summed E-state index contributed by atoms with van der Waals surface area (Å²) in [5.74, 6) is 4.34. The molecule has 0 radical (unpaired) electrons. The molecule has 134 valence electrons. The van der Waals surface area contributed by atoms with Gasteiger partial charge in [-0.3, -0.25) is 0 Å². The average Bonchev–Trinajstić information content (AvgIpc) is 3.46. The van der Waals surface area contributed by atoms with E-state index >= 15 is 0 Å². The quantitative estimate of drug-likeness (QED) is 0.719. The number of amides is 2. The van der Waals surface area contributed by atoms with Gasteiger partial charge in [-0.15, -0.1) is 6.42 Å². The lowest BCUT2D eigenvalue weighted by atomic mass is 10.1. The van der Waals surface area contributed by atoms with Crippen LogP contribution in [0.2, 0.25) is 0 Å². The Kier molecular flexibility index (Phi) is 6.16. The van der Waals surface area contributed by atoms with Gasteiger partial charge < -0.3 is 15.4 Å². The highest BCUT2D eigenvalue weighted by atomic mass is 16.5. The van der Waals surface area contributed by atoms with Gasteiger partial charge in [-0.25, -0.2) is 4.79 Å². The number of ether oxygens (including phenoxy) is 1. The number of hydrogen-bond donors (Lipinski definition) is 2. The summed E-state index contributed by atoms with van der Waals surface area (Å²) >= 11 is 0. The van der Waals surface area contributed by atoms with Crippen molar-refractivity contribution in [3.63, 3.8) is 0 Å². The average molecular weight is 348 g/mol. The van der Waals surface area contributed by atoms with Crippen molar-refractivity contribution < 1.29 is 9.53 Å². The molecule has 1 aliphatic rings. The van der Waals surface area contributed by atoms with Gasteiger partial charge in [-0.2, -0.15) is 0 Å². The first kappa shape index (κ1) is 17.9. The lowest BCUT2D eigenvalue weighted by Crippen LogP contribution is -2.37. The molecular weight excluding hydrogens is 324 g/mol. The van der Waals surface area contributed by atoms with Crippen LogP contribution in [0.3, 0.4) is 0 Å². The Balaban J connectivity index is 1.31. The molecule has 2 amide bonds. The van der Waals surface area contributed by atoms with Gasteiger partial charge in [0.15, 0.2) is 0 Å². The topological polar surface area (TPSA) is 50.4 Å². The molecule has 1 saturated carbocycles. The number of terminal acetylenes is 1. The van der Waals surface area contributed by atoms with Crippen molar-refractivity contribution in [2.75, 3.05) is 19.7 Å². The molecule has 2 atom stereocenters. The van der Waals surface area contributed by atoms with E-state index in [0.29, 0.717) is 18.4 Å². The van der Waals surface area contributed by atoms with Crippen LogP contribution < -0.4 is 15.4 Å². The first-order valence-electron chi connectivity index (χ1n) is 8.98. The predicted octanol–water partition coefficient (Wildman–Crippen LogP) is 3.34. The minimum atomic E-state index is -0.0994.